The molecular weight excluding hydrogens is 401 g/mol. The van der Waals surface area contributed by atoms with Gasteiger partial charge in [0, 0.05) is 16.6 Å². The standard InChI is InChI=1S/C20H15BrFNO3/c1-2-11-23-17(12-5-9-15(22)10-6-12)16(19(25)20(23)26)18(24)13-3-7-14(21)8-4-13/h2-10,17,24H,1,11H2/t17-/m1/s1. The molecule has 1 heterocycles. The van der Waals surface area contributed by atoms with Crippen LogP contribution < -0.4 is 0 Å². The first-order chi connectivity index (χ1) is 12.4. The summed E-state index contributed by atoms with van der Waals surface area (Å²) in [5, 5.41) is 10.7. The lowest BCUT2D eigenvalue weighted by Gasteiger charge is -2.24. The van der Waals surface area contributed by atoms with Crippen LogP contribution in [0.4, 0.5) is 4.39 Å². The van der Waals surface area contributed by atoms with Crippen molar-refractivity contribution in [1.29, 1.82) is 0 Å². The Balaban J connectivity index is 2.18. The highest BCUT2D eigenvalue weighted by molar-refractivity contribution is 9.10. The third-order valence-corrected chi connectivity index (χ3v) is 4.70. The van der Waals surface area contributed by atoms with Crippen molar-refractivity contribution in [2.45, 2.75) is 6.04 Å². The minimum Gasteiger partial charge on any atom is -0.507 e. The van der Waals surface area contributed by atoms with Crippen molar-refractivity contribution in [2.24, 2.45) is 0 Å². The van der Waals surface area contributed by atoms with E-state index in [2.05, 4.69) is 22.5 Å². The Morgan fingerprint density at radius 2 is 1.77 bits per heavy atom. The number of aliphatic hydroxyl groups excluding tert-OH is 1. The van der Waals surface area contributed by atoms with Gasteiger partial charge in [-0.25, -0.2) is 4.39 Å². The van der Waals surface area contributed by atoms with E-state index in [4.69, 9.17) is 0 Å². The van der Waals surface area contributed by atoms with E-state index in [0.717, 1.165) is 4.47 Å². The van der Waals surface area contributed by atoms with Crippen molar-refractivity contribution < 1.29 is 19.1 Å². The van der Waals surface area contributed by atoms with E-state index in [1.54, 1.807) is 24.3 Å². The van der Waals surface area contributed by atoms with Crippen LogP contribution >= 0.6 is 15.9 Å². The number of benzene rings is 2. The molecule has 0 bridgehead atoms. The number of ketones is 1. The van der Waals surface area contributed by atoms with E-state index in [0.29, 0.717) is 11.1 Å². The van der Waals surface area contributed by atoms with Crippen LogP contribution in [0.25, 0.3) is 5.76 Å². The summed E-state index contributed by atoms with van der Waals surface area (Å²) in [5.41, 5.74) is 0.925. The lowest BCUT2D eigenvalue weighted by Crippen LogP contribution is -2.29. The topological polar surface area (TPSA) is 57.6 Å². The molecule has 1 atom stereocenters. The molecule has 1 aliphatic heterocycles. The zero-order valence-electron chi connectivity index (χ0n) is 13.7. The van der Waals surface area contributed by atoms with Gasteiger partial charge in [-0.1, -0.05) is 46.3 Å². The second kappa shape index (κ2) is 7.25. The molecule has 0 radical (unpaired) electrons. The van der Waals surface area contributed by atoms with E-state index in [1.165, 1.54) is 35.2 Å². The molecule has 1 aliphatic rings. The Kier molecular flexibility index (Phi) is 5.04. The third-order valence-electron chi connectivity index (χ3n) is 4.17. The fourth-order valence-electron chi connectivity index (χ4n) is 2.96. The number of hydrogen-bond acceptors (Lipinski definition) is 3. The van der Waals surface area contributed by atoms with Gasteiger partial charge in [-0.05, 0) is 29.8 Å². The molecule has 2 aromatic rings. The highest BCUT2D eigenvalue weighted by Crippen LogP contribution is 2.39. The second-order valence-electron chi connectivity index (χ2n) is 5.80. The SMILES string of the molecule is C=CCN1C(=O)C(=O)C(=C(O)c2ccc(Br)cc2)[C@H]1c1ccc(F)cc1. The molecular formula is C20H15BrFNO3. The van der Waals surface area contributed by atoms with E-state index in [-0.39, 0.29) is 17.9 Å². The molecule has 4 nitrogen and oxygen atoms in total. The van der Waals surface area contributed by atoms with Crippen molar-refractivity contribution in [3.63, 3.8) is 0 Å². The molecule has 0 aliphatic carbocycles. The van der Waals surface area contributed by atoms with Crippen molar-refractivity contribution in [1.82, 2.24) is 4.90 Å². The summed E-state index contributed by atoms with van der Waals surface area (Å²) in [4.78, 5) is 26.4. The zero-order valence-corrected chi connectivity index (χ0v) is 15.2. The molecule has 3 rings (SSSR count). The number of Topliss-reactive ketones (excluding diaryl/α,β-unsaturated/α-hetero) is 1. The van der Waals surface area contributed by atoms with Crippen molar-refractivity contribution in [3.8, 4) is 0 Å². The molecule has 26 heavy (non-hydrogen) atoms. The molecule has 132 valence electrons. The van der Waals surface area contributed by atoms with E-state index >= 15 is 0 Å². The number of halogens is 2. The molecule has 0 aromatic heterocycles. The van der Waals surface area contributed by atoms with Crippen LogP contribution in [0.15, 0.2) is 71.2 Å². The van der Waals surface area contributed by atoms with Crippen molar-refractivity contribution in [2.75, 3.05) is 6.54 Å². The summed E-state index contributed by atoms with van der Waals surface area (Å²) in [6.45, 7) is 3.74. The number of aliphatic hydroxyl groups is 1. The number of hydrogen-bond donors (Lipinski definition) is 1. The molecule has 0 spiro atoms. The van der Waals surface area contributed by atoms with Crippen LogP contribution in [-0.4, -0.2) is 28.2 Å². The highest BCUT2D eigenvalue weighted by Gasteiger charge is 2.45. The molecule has 1 saturated heterocycles. The molecule has 1 amide bonds. The van der Waals surface area contributed by atoms with Crippen molar-refractivity contribution >= 4 is 33.4 Å². The fraction of sp³-hybridized carbons (Fsp3) is 0.100. The monoisotopic (exact) mass is 415 g/mol. The van der Waals surface area contributed by atoms with Gasteiger partial charge in [0.2, 0.25) is 0 Å². The lowest BCUT2D eigenvalue weighted by molar-refractivity contribution is -0.139. The summed E-state index contributed by atoms with van der Waals surface area (Å²) in [6.07, 6.45) is 1.50. The number of nitrogens with zero attached hydrogens (tertiary/aromatic N) is 1. The second-order valence-corrected chi connectivity index (χ2v) is 6.71. The van der Waals surface area contributed by atoms with Gasteiger partial charge < -0.3 is 10.0 Å². The summed E-state index contributed by atoms with van der Waals surface area (Å²) in [6, 6.07) is 11.4. The van der Waals surface area contributed by atoms with Crippen LogP contribution in [0.2, 0.25) is 0 Å². The van der Waals surface area contributed by atoms with Crippen LogP contribution in [-0.2, 0) is 9.59 Å². The minimum atomic E-state index is -0.808. The fourth-order valence-corrected chi connectivity index (χ4v) is 3.23. The molecule has 1 fully saturated rings. The predicted octanol–water partition coefficient (Wildman–Crippen LogP) is 4.20. The van der Waals surface area contributed by atoms with Crippen molar-refractivity contribution in [3.05, 3.63) is 88.2 Å². The molecule has 6 heteroatoms. The van der Waals surface area contributed by atoms with Crippen LogP contribution in [0, 0.1) is 5.82 Å². The Hall–Kier alpha value is -2.73. The number of rotatable bonds is 4. The van der Waals surface area contributed by atoms with Gasteiger partial charge in [0.05, 0.1) is 11.6 Å². The number of likely N-dealkylation sites (tertiary alicyclic amines) is 1. The molecule has 1 N–H and O–H groups in total. The van der Waals surface area contributed by atoms with Gasteiger partial charge >= 0.3 is 0 Å². The maximum absolute atomic E-state index is 13.3. The van der Waals surface area contributed by atoms with Gasteiger partial charge in [-0.2, -0.15) is 0 Å². The Morgan fingerprint density at radius 1 is 1.15 bits per heavy atom. The maximum atomic E-state index is 13.3. The summed E-state index contributed by atoms with van der Waals surface area (Å²) >= 11 is 3.31. The van der Waals surface area contributed by atoms with Crippen LogP contribution in [0.1, 0.15) is 17.2 Å². The summed E-state index contributed by atoms with van der Waals surface area (Å²) in [7, 11) is 0. The predicted molar refractivity (Wildman–Crippen MR) is 99.7 cm³/mol. The van der Waals surface area contributed by atoms with Gasteiger partial charge in [0.1, 0.15) is 11.6 Å². The van der Waals surface area contributed by atoms with Gasteiger partial charge in [-0.15, -0.1) is 6.58 Å². The van der Waals surface area contributed by atoms with E-state index in [9.17, 15) is 19.1 Å². The summed E-state index contributed by atoms with van der Waals surface area (Å²) < 4.78 is 14.1. The Labute approximate surface area is 158 Å². The molecule has 2 aromatic carbocycles. The first kappa shape index (κ1) is 18.1. The first-order valence-electron chi connectivity index (χ1n) is 7.84. The van der Waals surface area contributed by atoms with Gasteiger partial charge in [-0.3, -0.25) is 9.59 Å². The van der Waals surface area contributed by atoms with E-state index in [1.807, 2.05) is 0 Å². The molecule has 0 unspecified atom stereocenters. The number of carbonyl (C=O) groups is 2. The molecule has 0 saturated carbocycles. The number of amides is 1. The first-order valence-corrected chi connectivity index (χ1v) is 8.64. The zero-order chi connectivity index (χ0) is 18.8. The smallest absolute Gasteiger partial charge is 0.295 e. The Bertz CT molecular complexity index is 904. The average Bonchev–Trinajstić information content (AvgIpc) is 2.88. The van der Waals surface area contributed by atoms with Gasteiger partial charge in [0.25, 0.3) is 11.7 Å². The quantitative estimate of drug-likeness (QED) is 0.352. The Morgan fingerprint density at radius 3 is 2.35 bits per heavy atom. The highest BCUT2D eigenvalue weighted by atomic mass is 79.9. The number of carbonyl (C=O) groups excluding carboxylic acids is 2. The van der Waals surface area contributed by atoms with E-state index < -0.39 is 23.5 Å². The van der Waals surface area contributed by atoms with Gasteiger partial charge in [0.15, 0.2) is 0 Å². The van der Waals surface area contributed by atoms with Crippen LogP contribution in [0.5, 0.6) is 0 Å². The normalized spacial score (nSPS) is 19.0. The lowest BCUT2D eigenvalue weighted by atomic mass is 9.95. The third kappa shape index (κ3) is 3.20. The largest absolute Gasteiger partial charge is 0.507 e. The summed E-state index contributed by atoms with van der Waals surface area (Å²) in [5.74, 6) is -2.20. The average molecular weight is 416 g/mol. The van der Waals surface area contributed by atoms with Crippen LogP contribution in [0.3, 0.4) is 0 Å². The maximum Gasteiger partial charge on any atom is 0.295 e. The minimum absolute atomic E-state index is 0.0224.